The molecule has 26 heavy (non-hydrogen) atoms. The topological polar surface area (TPSA) is 37.4 Å². The van der Waals surface area contributed by atoms with Gasteiger partial charge in [0.25, 0.3) is 11.8 Å². The SMILES string of the molecule is CC(C)SC1=C(c2ccc(Cl)cc2)C(=O)N(c2ccc(F)c(F)c2)C1=O. The van der Waals surface area contributed by atoms with Gasteiger partial charge in [-0.25, -0.2) is 13.7 Å². The van der Waals surface area contributed by atoms with Crippen LogP contribution in [0.2, 0.25) is 5.02 Å². The summed E-state index contributed by atoms with van der Waals surface area (Å²) in [4.78, 5) is 27.0. The molecule has 0 saturated carbocycles. The highest BCUT2D eigenvalue weighted by atomic mass is 35.5. The number of anilines is 1. The van der Waals surface area contributed by atoms with E-state index in [1.165, 1.54) is 17.8 Å². The molecule has 0 spiro atoms. The summed E-state index contributed by atoms with van der Waals surface area (Å²) in [6.07, 6.45) is 0. The Morgan fingerprint density at radius 2 is 1.62 bits per heavy atom. The van der Waals surface area contributed by atoms with E-state index in [-0.39, 0.29) is 21.4 Å². The van der Waals surface area contributed by atoms with Gasteiger partial charge in [0.15, 0.2) is 11.6 Å². The van der Waals surface area contributed by atoms with Crippen LogP contribution in [0.1, 0.15) is 19.4 Å². The Hall–Kier alpha value is -2.18. The van der Waals surface area contributed by atoms with E-state index in [4.69, 9.17) is 11.6 Å². The molecule has 0 bridgehead atoms. The van der Waals surface area contributed by atoms with Crippen molar-refractivity contribution in [1.82, 2.24) is 0 Å². The molecule has 0 aliphatic carbocycles. The van der Waals surface area contributed by atoms with Gasteiger partial charge < -0.3 is 0 Å². The van der Waals surface area contributed by atoms with Crippen LogP contribution in [0.25, 0.3) is 5.57 Å². The Morgan fingerprint density at radius 1 is 0.962 bits per heavy atom. The first-order valence-corrected chi connectivity index (χ1v) is 9.06. The first-order chi connectivity index (χ1) is 12.3. The van der Waals surface area contributed by atoms with Gasteiger partial charge in [-0.2, -0.15) is 0 Å². The maximum absolute atomic E-state index is 13.6. The summed E-state index contributed by atoms with van der Waals surface area (Å²) in [5.74, 6) is -3.30. The highest BCUT2D eigenvalue weighted by Crippen LogP contribution is 2.40. The van der Waals surface area contributed by atoms with E-state index in [0.29, 0.717) is 10.6 Å². The fourth-order valence-corrected chi connectivity index (χ4v) is 3.70. The van der Waals surface area contributed by atoms with E-state index in [1.54, 1.807) is 24.3 Å². The van der Waals surface area contributed by atoms with E-state index in [1.807, 2.05) is 13.8 Å². The van der Waals surface area contributed by atoms with Gasteiger partial charge in [-0.05, 0) is 29.8 Å². The second kappa shape index (κ2) is 7.21. The average molecular weight is 394 g/mol. The number of carbonyl (C=O) groups excluding carboxylic acids is 2. The van der Waals surface area contributed by atoms with Gasteiger partial charge in [0, 0.05) is 16.3 Å². The smallest absolute Gasteiger partial charge is 0.268 e. The van der Waals surface area contributed by atoms with Crippen molar-refractivity contribution in [3.8, 4) is 0 Å². The molecule has 0 N–H and O–H groups in total. The normalized spacial score (nSPS) is 14.8. The predicted octanol–water partition coefficient (Wildman–Crippen LogP) is 5.04. The lowest BCUT2D eigenvalue weighted by molar-refractivity contribution is -0.119. The average Bonchev–Trinajstić information content (AvgIpc) is 2.81. The van der Waals surface area contributed by atoms with Gasteiger partial charge in [-0.3, -0.25) is 9.59 Å². The van der Waals surface area contributed by atoms with Crippen molar-refractivity contribution < 1.29 is 18.4 Å². The molecule has 2 aromatic carbocycles. The fourth-order valence-electron chi connectivity index (χ4n) is 2.58. The standard InChI is InChI=1S/C19H14ClF2NO2S/c1-10(2)26-17-16(11-3-5-12(20)6-4-11)18(24)23(19(17)25)13-7-8-14(21)15(22)9-13/h3-10H,1-2H3. The lowest BCUT2D eigenvalue weighted by Crippen LogP contribution is -2.31. The molecule has 3 rings (SSSR count). The number of carbonyl (C=O) groups is 2. The molecule has 0 aromatic heterocycles. The van der Waals surface area contributed by atoms with Crippen LogP contribution in [-0.2, 0) is 9.59 Å². The molecule has 1 aliphatic rings. The zero-order chi connectivity index (χ0) is 19.0. The lowest BCUT2D eigenvalue weighted by Gasteiger charge is -2.15. The highest BCUT2D eigenvalue weighted by molar-refractivity contribution is 8.04. The number of amides is 2. The van der Waals surface area contributed by atoms with Crippen molar-refractivity contribution in [2.45, 2.75) is 19.1 Å². The number of benzene rings is 2. The number of hydrogen-bond donors (Lipinski definition) is 0. The molecule has 3 nitrogen and oxygen atoms in total. The molecule has 0 unspecified atom stereocenters. The summed E-state index contributed by atoms with van der Waals surface area (Å²) in [6, 6.07) is 9.49. The second-order valence-electron chi connectivity index (χ2n) is 5.92. The number of halogens is 3. The Morgan fingerprint density at radius 3 is 2.19 bits per heavy atom. The minimum Gasteiger partial charge on any atom is -0.268 e. The van der Waals surface area contributed by atoms with Gasteiger partial charge in [-0.1, -0.05) is 37.6 Å². The zero-order valence-corrected chi connectivity index (χ0v) is 15.5. The first-order valence-electron chi connectivity index (χ1n) is 7.80. The summed E-state index contributed by atoms with van der Waals surface area (Å²) in [7, 11) is 0. The van der Waals surface area contributed by atoms with Crippen molar-refractivity contribution in [3.05, 3.63) is 69.6 Å². The number of nitrogens with zero attached hydrogens (tertiary/aromatic N) is 1. The van der Waals surface area contributed by atoms with Crippen molar-refractivity contribution in [1.29, 1.82) is 0 Å². The summed E-state index contributed by atoms with van der Waals surface area (Å²) >= 11 is 7.15. The molecule has 2 amide bonds. The van der Waals surface area contributed by atoms with E-state index < -0.39 is 23.4 Å². The molecule has 7 heteroatoms. The summed E-state index contributed by atoms with van der Waals surface area (Å²) in [6.45, 7) is 3.80. The lowest BCUT2D eigenvalue weighted by atomic mass is 10.1. The maximum Gasteiger partial charge on any atom is 0.272 e. The minimum atomic E-state index is -1.12. The van der Waals surface area contributed by atoms with Gasteiger partial charge in [-0.15, -0.1) is 11.8 Å². The monoisotopic (exact) mass is 393 g/mol. The van der Waals surface area contributed by atoms with Crippen molar-refractivity contribution in [3.63, 3.8) is 0 Å². The van der Waals surface area contributed by atoms with Crippen LogP contribution in [-0.4, -0.2) is 17.1 Å². The molecule has 1 aliphatic heterocycles. The van der Waals surface area contributed by atoms with Gasteiger partial charge in [0.1, 0.15) is 0 Å². The molecule has 1 heterocycles. The van der Waals surface area contributed by atoms with Crippen LogP contribution in [0.3, 0.4) is 0 Å². The number of hydrogen-bond acceptors (Lipinski definition) is 3. The Balaban J connectivity index is 2.10. The molecule has 2 aromatic rings. The second-order valence-corrected chi connectivity index (χ2v) is 7.94. The van der Waals surface area contributed by atoms with Crippen molar-refractivity contribution in [2.24, 2.45) is 0 Å². The van der Waals surface area contributed by atoms with Crippen molar-refractivity contribution >= 4 is 46.4 Å². The quantitative estimate of drug-likeness (QED) is 0.682. The third-order valence-electron chi connectivity index (χ3n) is 3.69. The van der Waals surface area contributed by atoms with Crippen molar-refractivity contribution in [2.75, 3.05) is 4.90 Å². The van der Waals surface area contributed by atoms with Gasteiger partial charge in [0.2, 0.25) is 0 Å². The third kappa shape index (κ3) is 3.39. The fraction of sp³-hybridized carbons (Fsp3) is 0.158. The highest BCUT2D eigenvalue weighted by Gasteiger charge is 2.40. The number of imide groups is 1. The largest absolute Gasteiger partial charge is 0.272 e. The van der Waals surface area contributed by atoms with Crippen LogP contribution in [0.5, 0.6) is 0 Å². The molecule has 0 fully saturated rings. The van der Waals surface area contributed by atoms with Gasteiger partial charge >= 0.3 is 0 Å². The van der Waals surface area contributed by atoms with E-state index in [2.05, 4.69) is 0 Å². The van der Waals surface area contributed by atoms with Crippen LogP contribution in [0.15, 0.2) is 47.4 Å². The van der Waals surface area contributed by atoms with Gasteiger partial charge in [0.05, 0.1) is 16.2 Å². The predicted molar refractivity (Wildman–Crippen MR) is 100.0 cm³/mol. The first kappa shape index (κ1) is 18.6. The molecule has 0 radical (unpaired) electrons. The van der Waals surface area contributed by atoms with Crippen LogP contribution < -0.4 is 4.90 Å². The third-order valence-corrected chi connectivity index (χ3v) is 5.03. The molecular formula is C19H14ClF2NO2S. The van der Waals surface area contributed by atoms with E-state index in [0.717, 1.165) is 17.0 Å². The maximum atomic E-state index is 13.6. The Labute approximate surface area is 158 Å². The zero-order valence-electron chi connectivity index (χ0n) is 13.9. The summed E-state index contributed by atoms with van der Waals surface area (Å²) < 4.78 is 26.8. The molecule has 134 valence electrons. The molecule has 0 saturated heterocycles. The van der Waals surface area contributed by atoms with Crippen LogP contribution in [0.4, 0.5) is 14.5 Å². The summed E-state index contributed by atoms with van der Waals surface area (Å²) in [5, 5.41) is 0.551. The summed E-state index contributed by atoms with van der Waals surface area (Å²) in [5.41, 5.74) is 0.765. The van der Waals surface area contributed by atoms with Crippen LogP contribution >= 0.6 is 23.4 Å². The molecule has 0 atom stereocenters. The number of rotatable bonds is 4. The number of thioether (sulfide) groups is 1. The molecular weight excluding hydrogens is 380 g/mol. The van der Waals surface area contributed by atoms with Crippen LogP contribution in [0, 0.1) is 11.6 Å². The Bertz CT molecular complexity index is 926. The minimum absolute atomic E-state index is 0.00952. The Kier molecular flexibility index (Phi) is 5.16. The van der Waals surface area contributed by atoms with E-state index in [9.17, 15) is 18.4 Å². The van der Waals surface area contributed by atoms with E-state index >= 15 is 0 Å².